The van der Waals surface area contributed by atoms with E-state index in [4.69, 9.17) is 30.5 Å². The van der Waals surface area contributed by atoms with Crippen molar-refractivity contribution in [3.8, 4) is 17.4 Å². The topological polar surface area (TPSA) is 66.9 Å². The van der Waals surface area contributed by atoms with Gasteiger partial charge in [0.2, 0.25) is 5.88 Å². The van der Waals surface area contributed by atoms with Crippen molar-refractivity contribution in [3.05, 3.63) is 52.2 Å². The van der Waals surface area contributed by atoms with Crippen molar-refractivity contribution in [2.24, 2.45) is 0 Å². The summed E-state index contributed by atoms with van der Waals surface area (Å²) in [6.45, 7) is 4.08. The molecular weight excluding hydrogens is 439 g/mol. The lowest BCUT2D eigenvalue weighted by atomic mass is 10.1. The molecule has 0 amide bonds. The molecule has 0 saturated carbocycles. The number of hydrogen-bond acceptors (Lipinski definition) is 6. The van der Waals surface area contributed by atoms with Gasteiger partial charge in [-0.1, -0.05) is 11.6 Å². The SMILES string of the molecule is CCOC(=O)/C(C)=C/c1ccc(OCCOC)cc1Oc1ncc(C(F)(F)F)cc1Cl. The zero-order chi connectivity index (χ0) is 23.0. The first-order valence-corrected chi connectivity index (χ1v) is 9.55. The van der Waals surface area contributed by atoms with Crippen LogP contribution in [0, 0.1) is 0 Å². The number of aromatic nitrogens is 1. The fourth-order valence-corrected chi connectivity index (χ4v) is 2.56. The van der Waals surface area contributed by atoms with E-state index in [0.29, 0.717) is 29.7 Å². The molecule has 0 unspecified atom stereocenters. The molecule has 31 heavy (non-hydrogen) atoms. The Kier molecular flexibility index (Phi) is 8.70. The largest absolute Gasteiger partial charge is 0.491 e. The Morgan fingerprint density at radius 2 is 1.97 bits per heavy atom. The Morgan fingerprint density at radius 1 is 1.23 bits per heavy atom. The minimum absolute atomic E-state index is 0.174. The molecule has 0 radical (unpaired) electrons. The predicted molar refractivity (Wildman–Crippen MR) is 108 cm³/mol. The number of carbonyl (C=O) groups is 1. The van der Waals surface area contributed by atoms with Gasteiger partial charge in [-0.25, -0.2) is 9.78 Å². The van der Waals surface area contributed by atoms with Gasteiger partial charge in [0, 0.05) is 30.5 Å². The Bertz CT molecular complexity index is 947. The van der Waals surface area contributed by atoms with Gasteiger partial charge in [0.25, 0.3) is 0 Å². The second-order valence-electron chi connectivity index (χ2n) is 6.20. The molecule has 0 fully saturated rings. The van der Waals surface area contributed by atoms with E-state index in [1.807, 2.05) is 0 Å². The van der Waals surface area contributed by atoms with Crippen LogP contribution in [0.1, 0.15) is 25.0 Å². The fraction of sp³-hybridized carbons (Fsp3) is 0.333. The summed E-state index contributed by atoms with van der Waals surface area (Å²) in [7, 11) is 1.53. The number of alkyl halides is 3. The normalized spacial score (nSPS) is 11.9. The maximum atomic E-state index is 12.9. The molecule has 1 aromatic carbocycles. The lowest BCUT2D eigenvalue weighted by Gasteiger charge is -2.14. The molecule has 1 aromatic heterocycles. The van der Waals surface area contributed by atoms with Crippen molar-refractivity contribution in [1.29, 1.82) is 0 Å². The Morgan fingerprint density at radius 3 is 2.58 bits per heavy atom. The second kappa shape index (κ2) is 11.0. The van der Waals surface area contributed by atoms with Crippen molar-refractivity contribution < 1.29 is 36.9 Å². The number of rotatable bonds is 9. The lowest BCUT2D eigenvalue weighted by molar-refractivity contribution is -0.139. The number of methoxy groups -OCH3 is 1. The Labute approximate surface area is 182 Å². The molecule has 0 aliphatic rings. The number of ether oxygens (including phenoxy) is 4. The van der Waals surface area contributed by atoms with Gasteiger partial charge >= 0.3 is 12.1 Å². The van der Waals surface area contributed by atoms with Crippen LogP contribution >= 0.6 is 11.6 Å². The molecule has 0 bridgehead atoms. The smallest absolute Gasteiger partial charge is 0.417 e. The van der Waals surface area contributed by atoms with E-state index in [9.17, 15) is 18.0 Å². The summed E-state index contributed by atoms with van der Waals surface area (Å²) < 4.78 is 59.7. The molecular formula is C21H21ClF3NO5. The van der Waals surface area contributed by atoms with Gasteiger partial charge in [0.1, 0.15) is 23.1 Å². The maximum absolute atomic E-state index is 12.9. The summed E-state index contributed by atoms with van der Waals surface area (Å²) in [5, 5.41) is -0.322. The summed E-state index contributed by atoms with van der Waals surface area (Å²) >= 11 is 5.95. The highest BCUT2D eigenvalue weighted by Gasteiger charge is 2.32. The summed E-state index contributed by atoms with van der Waals surface area (Å²) in [5.41, 5.74) is -0.256. The van der Waals surface area contributed by atoms with E-state index in [1.54, 1.807) is 26.0 Å². The molecule has 0 spiro atoms. The number of nitrogens with zero attached hydrogens (tertiary/aromatic N) is 1. The number of hydrogen-bond donors (Lipinski definition) is 0. The zero-order valence-corrected chi connectivity index (χ0v) is 17.8. The van der Waals surface area contributed by atoms with Crippen molar-refractivity contribution in [2.75, 3.05) is 26.9 Å². The molecule has 0 saturated heterocycles. The summed E-state index contributed by atoms with van der Waals surface area (Å²) in [5.74, 6) is -0.152. The van der Waals surface area contributed by atoms with Gasteiger partial charge in [-0.15, -0.1) is 0 Å². The number of carbonyl (C=O) groups excluding carboxylic acids is 1. The quantitative estimate of drug-likeness (QED) is 0.279. The van der Waals surface area contributed by atoms with Gasteiger partial charge in [-0.05, 0) is 38.1 Å². The number of esters is 1. The number of pyridine rings is 1. The van der Waals surface area contributed by atoms with E-state index >= 15 is 0 Å². The van der Waals surface area contributed by atoms with Gasteiger partial charge < -0.3 is 18.9 Å². The first-order chi connectivity index (χ1) is 14.7. The first kappa shape index (κ1) is 24.5. The highest BCUT2D eigenvalue weighted by molar-refractivity contribution is 6.31. The first-order valence-electron chi connectivity index (χ1n) is 9.17. The summed E-state index contributed by atoms with van der Waals surface area (Å²) in [4.78, 5) is 15.6. The Balaban J connectivity index is 2.40. The Hall–Kier alpha value is -2.78. The number of halogens is 4. The monoisotopic (exact) mass is 459 g/mol. The number of benzene rings is 1. The van der Waals surface area contributed by atoms with Crippen LogP contribution in [0.2, 0.25) is 5.02 Å². The highest BCUT2D eigenvalue weighted by atomic mass is 35.5. The van der Waals surface area contributed by atoms with Crippen LogP contribution in [0.25, 0.3) is 6.08 Å². The predicted octanol–water partition coefficient (Wildman–Crippen LogP) is 5.54. The summed E-state index contributed by atoms with van der Waals surface area (Å²) in [6.07, 6.45) is -2.45. The minimum atomic E-state index is -4.59. The van der Waals surface area contributed by atoms with Crippen LogP contribution in [-0.2, 0) is 20.4 Å². The van der Waals surface area contributed by atoms with Crippen LogP contribution < -0.4 is 9.47 Å². The second-order valence-corrected chi connectivity index (χ2v) is 6.61. The van der Waals surface area contributed by atoms with Gasteiger partial charge in [-0.3, -0.25) is 0 Å². The molecule has 10 heteroatoms. The third kappa shape index (κ3) is 7.15. The lowest BCUT2D eigenvalue weighted by Crippen LogP contribution is -2.06. The van der Waals surface area contributed by atoms with Crippen LogP contribution in [0.4, 0.5) is 13.2 Å². The summed E-state index contributed by atoms with van der Waals surface area (Å²) in [6, 6.07) is 5.50. The standard InChI is InChI=1S/C21H21ClF3NO5/c1-4-29-20(27)13(2)9-14-5-6-16(30-8-7-28-3)11-18(14)31-19-17(22)10-15(12-26-19)21(23,24)25/h5-6,9-12H,4,7-8H2,1-3H3/b13-9+. The molecule has 2 aromatic rings. The fourth-order valence-electron chi connectivity index (χ4n) is 2.35. The average molecular weight is 460 g/mol. The van der Waals surface area contributed by atoms with Gasteiger partial charge in [0.15, 0.2) is 0 Å². The van der Waals surface area contributed by atoms with E-state index in [-0.39, 0.29) is 29.9 Å². The van der Waals surface area contributed by atoms with E-state index < -0.39 is 17.7 Å². The van der Waals surface area contributed by atoms with E-state index in [1.165, 1.54) is 19.3 Å². The zero-order valence-electron chi connectivity index (χ0n) is 17.1. The van der Waals surface area contributed by atoms with Crippen molar-refractivity contribution in [3.63, 3.8) is 0 Å². The van der Waals surface area contributed by atoms with Crippen molar-refractivity contribution in [2.45, 2.75) is 20.0 Å². The van der Waals surface area contributed by atoms with Gasteiger partial charge in [-0.2, -0.15) is 13.2 Å². The average Bonchev–Trinajstić information content (AvgIpc) is 2.70. The molecule has 0 N–H and O–H groups in total. The third-order valence-electron chi connectivity index (χ3n) is 3.85. The van der Waals surface area contributed by atoms with Crippen molar-refractivity contribution in [1.82, 2.24) is 4.98 Å². The molecule has 0 aliphatic heterocycles. The van der Waals surface area contributed by atoms with Crippen LogP contribution in [0.5, 0.6) is 17.4 Å². The van der Waals surface area contributed by atoms with E-state index in [2.05, 4.69) is 4.98 Å². The van der Waals surface area contributed by atoms with E-state index in [0.717, 1.165) is 6.07 Å². The maximum Gasteiger partial charge on any atom is 0.417 e. The van der Waals surface area contributed by atoms with Gasteiger partial charge in [0.05, 0.1) is 18.8 Å². The molecule has 0 aliphatic carbocycles. The van der Waals surface area contributed by atoms with Crippen LogP contribution in [0.15, 0.2) is 36.0 Å². The third-order valence-corrected chi connectivity index (χ3v) is 4.12. The molecule has 1 heterocycles. The molecule has 0 atom stereocenters. The molecule has 2 rings (SSSR count). The highest BCUT2D eigenvalue weighted by Crippen LogP contribution is 2.37. The molecule has 6 nitrogen and oxygen atoms in total. The van der Waals surface area contributed by atoms with Crippen molar-refractivity contribution >= 4 is 23.6 Å². The van der Waals surface area contributed by atoms with Crippen LogP contribution in [-0.4, -0.2) is 37.9 Å². The molecule has 168 valence electrons. The minimum Gasteiger partial charge on any atom is -0.491 e. The van der Waals surface area contributed by atoms with Crippen LogP contribution in [0.3, 0.4) is 0 Å².